The van der Waals surface area contributed by atoms with Gasteiger partial charge in [-0.15, -0.1) is 0 Å². The van der Waals surface area contributed by atoms with Crippen LogP contribution in [0.1, 0.15) is 50.1 Å². The van der Waals surface area contributed by atoms with Crippen molar-refractivity contribution in [2.24, 2.45) is 5.92 Å². The highest BCUT2D eigenvalue weighted by molar-refractivity contribution is 5.74. The van der Waals surface area contributed by atoms with Gasteiger partial charge in [-0.1, -0.05) is 18.2 Å². The van der Waals surface area contributed by atoms with Crippen molar-refractivity contribution < 1.29 is 14.6 Å². The summed E-state index contributed by atoms with van der Waals surface area (Å²) in [6.07, 6.45) is 5.89. The Kier molecular flexibility index (Phi) is 3.91. The number of likely N-dealkylation sites (N-methyl/N-ethyl adjacent to an activating group) is 1. The molecular weight excluding hydrogens is 304 g/mol. The number of aliphatic hydroxyl groups excluding tert-OH is 1. The molecule has 1 aromatic rings. The third-order valence-electron chi connectivity index (χ3n) is 5.73. The smallest absolute Gasteiger partial charge is 0.317 e. The number of nitrogens with one attached hydrogen (secondary N) is 1. The summed E-state index contributed by atoms with van der Waals surface area (Å²) in [6, 6.07) is 7.85. The quantitative estimate of drug-likeness (QED) is 0.892. The third-order valence-corrected chi connectivity index (χ3v) is 5.73. The molecule has 0 aromatic heterocycles. The minimum atomic E-state index is -0.402. The Labute approximate surface area is 143 Å². The maximum atomic E-state index is 12.6. The molecule has 130 valence electrons. The summed E-state index contributed by atoms with van der Waals surface area (Å²) in [6.45, 7) is 0.395. The van der Waals surface area contributed by atoms with Gasteiger partial charge < -0.3 is 20.1 Å². The maximum absolute atomic E-state index is 12.6. The summed E-state index contributed by atoms with van der Waals surface area (Å²) in [5.41, 5.74) is 0.956. The third kappa shape index (κ3) is 2.97. The monoisotopic (exact) mass is 330 g/mol. The number of rotatable bonds is 4. The van der Waals surface area contributed by atoms with Crippen LogP contribution in [0, 0.1) is 5.92 Å². The summed E-state index contributed by atoms with van der Waals surface area (Å²) in [7, 11) is 1.76. The Morgan fingerprint density at radius 1 is 1.42 bits per heavy atom. The molecule has 5 heteroatoms. The highest BCUT2D eigenvalue weighted by Crippen LogP contribution is 2.48. The molecule has 0 bridgehead atoms. The highest BCUT2D eigenvalue weighted by atomic mass is 16.5. The number of hydrogen-bond acceptors (Lipinski definition) is 3. The van der Waals surface area contributed by atoms with Crippen LogP contribution in [0.3, 0.4) is 0 Å². The van der Waals surface area contributed by atoms with Crippen molar-refractivity contribution in [2.45, 2.75) is 56.3 Å². The van der Waals surface area contributed by atoms with Gasteiger partial charge in [0.25, 0.3) is 0 Å². The predicted molar refractivity (Wildman–Crippen MR) is 90.9 cm³/mol. The zero-order valence-corrected chi connectivity index (χ0v) is 14.2. The molecule has 2 amide bonds. The van der Waals surface area contributed by atoms with Gasteiger partial charge in [0.2, 0.25) is 0 Å². The average Bonchev–Trinajstić information content (AvgIpc) is 3.38. The minimum Gasteiger partial charge on any atom is -0.487 e. The topological polar surface area (TPSA) is 61.8 Å². The van der Waals surface area contributed by atoms with Crippen LogP contribution in [0.2, 0.25) is 0 Å². The lowest BCUT2D eigenvalue weighted by molar-refractivity contribution is -0.0360. The molecule has 0 unspecified atom stereocenters. The van der Waals surface area contributed by atoms with E-state index in [0.29, 0.717) is 12.5 Å². The van der Waals surface area contributed by atoms with Crippen molar-refractivity contribution in [1.29, 1.82) is 0 Å². The molecule has 1 aromatic carbocycles. The molecular formula is C19H26N2O3. The van der Waals surface area contributed by atoms with Crippen molar-refractivity contribution in [3.63, 3.8) is 0 Å². The molecule has 2 atom stereocenters. The lowest BCUT2D eigenvalue weighted by atomic mass is 9.73. The normalized spacial score (nSPS) is 25.2. The Bertz CT molecular complexity index is 625. The van der Waals surface area contributed by atoms with Crippen LogP contribution in [-0.4, -0.2) is 41.3 Å². The van der Waals surface area contributed by atoms with E-state index in [-0.39, 0.29) is 17.7 Å². The Hall–Kier alpha value is -1.75. The van der Waals surface area contributed by atoms with Crippen LogP contribution >= 0.6 is 0 Å². The second kappa shape index (κ2) is 5.96. The summed E-state index contributed by atoms with van der Waals surface area (Å²) >= 11 is 0. The van der Waals surface area contributed by atoms with Crippen LogP contribution in [0.15, 0.2) is 24.3 Å². The van der Waals surface area contributed by atoms with Crippen molar-refractivity contribution >= 4 is 6.03 Å². The van der Waals surface area contributed by atoms with Gasteiger partial charge in [-0.2, -0.15) is 0 Å². The molecule has 0 radical (unpaired) electrons. The number of ether oxygens (including phenoxy) is 1. The lowest BCUT2D eigenvalue weighted by Gasteiger charge is -2.48. The van der Waals surface area contributed by atoms with E-state index < -0.39 is 6.10 Å². The summed E-state index contributed by atoms with van der Waals surface area (Å²) in [4.78, 5) is 14.2. The van der Waals surface area contributed by atoms with Crippen LogP contribution in [0.25, 0.3) is 0 Å². The Morgan fingerprint density at radius 2 is 2.17 bits per heavy atom. The average molecular weight is 330 g/mol. The van der Waals surface area contributed by atoms with E-state index in [2.05, 4.69) is 5.32 Å². The number of nitrogens with zero attached hydrogens (tertiary/aromatic N) is 1. The fourth-order valence-corrected chi connectivity index (χ4v) is 3.88. The first-order chi connectivity index (χ1) is 11.6. The molecule has 2 N–H and O–H groups in total. The number of hydrogen-bond donors (Lipinski definition) is 2. The van der Waals surface area contributed by atoms with Gasteiger partial charge >= 0.3 is 6.03 Å². The van der Waals surface area contributed by atoms with Crippen LogP contribution in [0.5, 0.6) is 5.75 Å². The van der Waals surface area contributed by atoms with Gasteiger partial charge in [-0.25, -0.2) is 4.79 Å². The second-order valence-electron chi connectivity index (χ2n) is 7.67. The SMILES string of the molecule is CN(C[C@@H](O)C1CC1)C(=O)N[C@H]1CC2(CCC2)Oc2ccccc21. The number of carbonyl (C=O) groups excluding carboxylic acids is 1. The van der Waals surface area contributed by atoms with Crippen molar-refractivity contribution in [1.82, 2.24) is 10.2 Å². The van der Waals surface area contributed by atoms with Gasteiger partial charge in [0.15, 0.2) is 0 Å². The zero-order chi connectivity index (χ0) is 16.7. The van der Waals surface area contributed by atoms with E-state index in [4.69, 9.17) is 4.74 Å². The fourth-order valence-electron chi connectivity index (χ4n) is 3.88. The first-order valence-corrected chi connectivity index (χ1v) is 9.04. The van der Waals surface area contributed by atoms with E-state index in [9.17, 15) is 9.90 Å². The van der Waals surface area contributed by atoms with E-state index in [1.165, 1.54) is 6.42 Å². The Morgan fingerprint density at radius 3 is 2.83 bits per heavy atom. The molecule has 2 fully saturated rings. The van der Waals surface area contributed by atoms with E-state index in [1.807, 2.05) is 24.3 Å². The molecule has 0 saturated heterocycles. The highest BCUT2D eigenvalue weighted by Gasteiger charge is 2.46. The molecule has 1 aliphatic heterocycles. The number of fused-ring (bicyclic) bond motifs is 1. The van der Waals surface area contributed by atoms with E-state index in [1.54, 1.807) is 11.9 Å². The van der Waals surface area contributed by atoms with Crippen LogP contribution in [-0.2, 0) is 0 Å². The number of urea groups is 1. The molecule has 4 rings (SSSR count). The van der Waals surface area contributed by atoms with Gasteiger partial charge in [-0.05, 0) is 44.1 Å². The van der Waals surface area contributed by atoms with Crippen molar-refractivity contribution in [3.05, 3.63) is 29.8 Å². The van der Waals surface area contributed by atoms with Gasteiger partial charge in [0.1, 0.15) is 11.4 Å². The first-order valence-electron chi connectivity index (χ1n) is 9.04. The molecule has 1 spiro atoms. The maximum Gasteiger partial charge on any atom is 0.317 e. The van der Waals surface area contributed by atoms with Gasteiger partial charge in [0.05, 0.1) is 12.1 Å². The van der Waals surface area contributed by atoms with Gasteiger partial charge in [-0.3, -0.25) is 0 Å². The predicted octanol–water partition coefficient (Wildman–Crippen LogP) is 2.85. The number of amides is 2. The molecule has 1 heterocycles. The lowest BCUT2D eigenvalue weighted by Crippen LogP contribution is -2.51. The summed E-state index contributed by atoms with van der Waals surface area (Å²) < 4.78 is 6.23. The number of aliphatic hydroxyl groups is 1. The largest absolute Gasteiger partial charge is 0.487 e. The number of para-hydroxylation sites is 1. The second-order valence-corrected chi connectivity index (χ2v) is 7.67. The van der Waals surface area contributed by atoms with E-state index in [0.717, 1.165) is 43.4 Å². The Balaban J connectivity index is 1.45. The number of carbonyl (C=O) groups is 1. The van der Waals surface area contributed by atoms with Crippen LogP contribution < -0.4 is 10.1 Å². The van der Waals surface area contributed by atoms with Crippen molar-refractivity contribution in [3.8, 4) is 5.75 Å². The zero-order valence-electron chi connectivity index (χ0n) is 14.2. The molecule has 2 aliphatic carbocycles. The summed E-state index contributed by atoms with van der Waals surface area (Å²) in [5, 5.41) is 13.2. The molecule has 5 nitrogen and oxygen atoms in total. The number of benzene rings is 1. The standard InChI is InChI=1S/C19H26N2O3/c1-21(12-16(22)13-7-8-13)18(23)20-15-11-19(9-4-10-19)24-17-6-3-2-5-14(15)17/h2-3,5-6,13,15-16,22H,4,7-12H2,1H3,(H,20,23)/t15-,16+/m0/s1. The van der Waals surface area contributed by atoms with E-state index >= 15 is 0 Å². The first kappa shape index (κ1) is 15.8. The van der Waals surface area contributed by atoms with Crippen LogP contribution in [0.4, 0.5) is 4.79 Å². The summed E-state index contributed by atoms with van der Waals surface area (Å²) in [5.74, 6) is 1.27. The molecule has 2 saturated carbocycles. The fraction of sp³-hybridized carbons (Fsp3) is 0.632. The minimum absolute atomic E-state index is 0.0248. The molecule has 24 heavy (non-hydrogen) atoms. The molecule has 3 aliphatic rings. The van der Waals surface area contributed by atoms with Crippen molar-refractivity contribution in [2.75, 3.05) is 13.6 Å². The van der Waals surface area contributed by atoms with Gasteiger partial charge in [0, 0.05) is 25.6 Å².